The van der Waals surface area contributed by atoms with E-state index >= 15 is 0 Å². The zero-order valence-electron chi connectivity index (χ0n) is 4.03. The quantitative estimate of drug-likeness (QED) is 0.521. The summed E-state index contributed by atoms with van der Waals surface area (Å²) in [6, 6.07) is 0. The van der Waals surface area contributed by atoms with Gasteiger partial charge in [0.25, 0.3) is 0 Å². The molecule has 0 aliphatic carbocycles. The zero-order valence-corrected chi connectivity index (χ0v) is 4.03. The van der Waals surface area contributed by atoms with E-state index in [1.165, 1.54) is 6.92 Å². The van der Waals surface area contributed by atoms with E-state index in [0.29, 0.717) is 0 Å². The van der Waals surface area contributed by atoms with Crippen LogP contribution in [0.1, 0.15) is 6.92 Å². The van der Waals surface area contributed by atoms with Crippen LogP contribution in [0, 0.1) is 6.92 Å². The minimum atomic E-state index is -2.69. The lowest BCUT2D eigenvalue weighted by molar-refractivity contribution is -0.146. The molecule has 1 unspecified atom stereocenters. The monoisotopic (exact) mass is 109 g/mol. The van der Waals surface area contributed by atoms with Gasteiger partial charge in [-0.05, 0) is 13.8 Å². The van der Waals surface area contributed by atoms with Crippen molar-refractivity contribution < 1.29 is 13.5 Å². The molecule has 0 saturated carbocycles. The molecular weight excluding hydrogens is 102 g/mol. The molecule has 0 saturated heterocycles. The molecule has 43 valence electrons. The molecule has 0 amide bonds. The minimum Gasteiger partial charge on any atom is -0.320 e. The Kier molecular flexibility index (Phi) is 2.83. The fourth-order valence-corrected chi connectivity index (χ4v) is 0.176. The summed E-state index contributed by atoms with van der Waals surface area (Å²) in [5.74, 6) is 0. The van der Waals surface area contributed by atoms with Crippen LogP contribution < -0.4 is 0 Å². The van der Waals surface area contributed by atoms with E-state index in [0.717, 1.165) is 0 Å². The van der Waals surface area contributed by atoms with Crippen molar-refractivity contribution in [1.29, 1.82) is 0 Å². The highest BCUT2D eigenvalue weighted by molar-refractivity contribution is 4.46. The summed E-state index contributed by atoms with van der Waals surface area (Å²) in [7, 11) is 0. The predicted octanol–water partition coefficient (Wildman–Crippen LogP) is 1.45. The lowest BCUT2D eigenvalue weighted by atomic mass is 10.5. The van der Waals surface area contributed by atoms with Gasteiger partial charge in [-0.25, -0.2) is 0 Å². The van der Waals surface area contributed by atoms with Crippen LogP contribution >= 0.6 is 0 Å². The molecule has 0 aliphatic rings. The number of hydrogen-bond acceptors (Lipinski definition) is 1. The molecule has 0 aliphatic heterocycles. The summed E-state index contributed by atoms with van der Waals surface area (Å²) < 4.78 is 25.9. The van der Waals surface area contributed by atoms with Gasteiger partial charge < -0.3 is 4.74 Å². The van der Waals surface area contributed by atoms with Crippen molar-refractivity contribution in [3.8, 4) is 0 Å². The Morgan fingerprint density at radius 1 is 1.57 bits per heavy atom. The Bertz CT molecular complexity index is 39.0. The zero-order chi connectivity index (χ0) is 5.86. The molecular formula is C4H7F2O. The average Bonchev–Trinajstić information content (AvgIpc) is 1.27. The average molecular weight is 109 g/mol. The van der Waals surface area contributed by atoms with Crippen LogP contribution in [-0.4, -0.2) is 12.7 Å². The van der Waals surface area contributed by atoms with Gasteiger partial charge in [-0.2, -0.15) is 8.78 Å². The maximum atomic E-state index is 11.0. The fourth-order valence-electron chi connectivity index (χ4n) is 0.176. The Balaban J connectivity index is 2.95. The smallest absolute Gasteiger partial charge is 0.320 e. The fraction of sp³-hybridized carbons (Fsp3) is 0.750. The van der Waals surface area contributed by atoms with Crippen molar-refractivity contribution in [1.82, 2.24) is 0 Å². The van der Waals surface area contributed by atoms with Crippen LogP contribution in [-0.2, 0) is 4.74 Å². The summed E-state index contributed by atoms with van der Waals surface area (Å²) in [5.41, 5.74) is 0. The second-order valence-corrected chi connectivity index (χ2v) is 1.21. The Morgan fingerprint density at radius 2 is 2.00 bits per heavy atom. The topological polar surface area (TPSA) is 9.23 Å². The van der Waals surface area contributed by atoms with E-state index in [-0.39, 0.29) is 0 Å². The van der Waals surface area contributed by atoms with Crippen LogP contribution in [0.15, 0.2) is 0 Å². The molecule has 0 bridgehead atoms. The molecule has 3 heteroatoms. The molecule has 0 aromatic heterocycles. The SMILES string of the molecule is [CH2]C(C)OC(F)F. The Hall–Kier alpha value is -0.180. The van der Waals surface area contributed by atoms with Gasteiger partial charge >= 0.3 is 6.61 Å². The first-order valence-corrected chi connectivity index (χ1v) is 1.89. The van der Waals surface area contributed by atoms with Crippen molar-refractivity contribution in [3.63, 3.8) is 0 Å². The van der Waals surface area contributed by atoms with Crippen molar-refractivity contribution in [2.24, 2.45) is 0 Å². The van der Waals surface area contributed by atoms with Gasteiger partial charge in [0.05, 0.1) is 6.10 Å². The number of hydrogen-bond donors (Lipinski definition) is 0. The molecule has 0 spiro atoms. The normalized spacial score (nSPS) is 11.1. The first-order valence-electron chi connectivity index (χ1n) is 1.89. The van der Waals surface area contributed by atoms with Crippen LogP contribution in [0.2, 0.25) is 0 Å². The molecule has 0 aromatic rings. The lowest BCUT2D eigenvalue weighted by Gasteiger charge is -2.02. The van der Waals surface area contributed by atoms with Gasteiger partial charge in [-0.1, -0.05) is 0 Å². The molecule has 1 radical (unpaired) electrons. The molecule has 1 atom stereocenters. The van der Waals surface area contributed by atoms with Gasteiger partial charge in [0.1, 0.15) is 0 Å². The molecule has 0 rings (SSSR count). The summed E-state index contributed by atoms with van der Waals surface area (Å²) in [4.78, 5) is 0. The van der Waals surface area contributed by atoms with Gasteiger partial charge in [0, 0.05) is 0 Å². The molecule has 0 N–H and O–H groups in total. The second kappa shape index (κ2) is 2.91. The van der Waals surface area contributed by atoms with E-state index < -0.39 is 12.7 Å². The first-order chi connectivity index (χ1) is 3.13. The first kappa shape index (κ1) is 6.82. The number of ether oxygens (including phenoxy) is 1. The number of rotatable bonds is 2. The van der Waals surface area contributed by atoms with E-state index in [4.69, 9.17) is 0 Å². The summed E-state index contributed by atoms with van der Waals surface area (Å²) in [5, 5.41) is 0. The van der Waals surface area contributed by atoms with E-state index in [1.807, 2.05) is 0 Å². The largest absolute Gasteiger partial charge is 0.345 e. The van der Waals surface area contributed by atoms with Crippen molar-refractivity contribution in [2.75, 3.05) is 0 Å². The summed E-state index contributed by atoms with van der Waals surface area (Å²) in [6.45, 7) is 1.94. The third kappa shape index (κ3) is 5.82. The predicted molar refractivity (Wildman–Crippen MR) is 21.9 cm³/mol. The van der Waals surface area contributed by atoms with Gasteiger partial charge in [0.15, 0.2) is 0 Å². The molecule has 1 nitrogen and oxygen atoms in total. The van der Waals surface area contributed by atoms with Crippen LogP contribution in [0.25, 0.3) is 0 Å². The lowest BCUT2D eigenvalue weighted by Crippen LogP contribution is -2.07. The maximum absolute atomic E-state index is 11.0. The van der Waals surface area contributed by atoms with Gasteiger partial charge in [-0.15, -0.1) is 0 Å². The number of alkyl halides is 2. The molecule has 0 heterocycles. The van der Waals surface area contributed by atoms with Crippen LogP contribution in [0.4, 0.5) is 8.78 Å². The van der Waals surface area contributed by atoms with E-state index in [9.17, 15) is 8.78 Å². The van der Waals surface area contributed by atoms with Crippen LogP contribution in [0.3, 0.4) is 0 Å². The molecule has 7 heavy (non-hydrogen) atoms. The Morgan fingerprint density at radius 3 is 2.00 bits per heavy atom. The van der Waals surface area contributed by atoms with Crippen molar-refractivity contribution in [2.45, 2.75) is 19.6 Å². The third-order valence-electron chi connectivity index (χ3n) is 0.335. The standard InChI is InChI=1S/C4H7F2O/c1-3(2)7-4(5)6/h3-4H,1H2,2H3. The van der Waals surface area contributed by atoms with Crippen molar-refractivity contribution in [3.05, 3.63) is 6.92 Å². The summed E-state index contributed by atoms with van der Waals surface area (Å²) >= 11 is 0. The minimum absolute atomic E-state index is 0.625. The number of halogens is 2. The van der Waals surface area contributed by atoms with E-state index in [2.05, 4.69) is 11.7 Å². The van der Waals surface area contributed by atoms with Gasteiger partial charge in [0.2, 0.25) is 0 Å². The second-order valence-electron chi connectivity index (χ2n) is 1.21. The molecule has 0 aromatic carbocycles. The van der Waals surface area contributed by atoms with Crippen molar-refractivity contribution >= 4 is 0 Å². The Labute approximate surface area is 41.3 Å². The highest BCUT2D eigenvalue weighted by Crippen LogP contribution is 1.97. The maximum Gasteiger partial charge on any atom is 0.345 e. The highest BCUT2D eigenvalue weighted by Gasteiger charge is 2.02. The van der Waals surface area contributed by atoms with E-state index in [1.54, 1.807) is 0 Å². The van der Waals surface area contributed by atoms with Gasteiger partial charge in [-0.3, -0.25) is 0 Å². The third-order valence-corrected chi connectivity index (χ3v) is 0.335. The summed E-state index contributed by atoms with van der Waals surface area (Å²) in [6.07, 6.45) is -0.625. The van der Waals surface area contributed by atoms with Crippen LogP contribution in [0.5, 0.6) is 0 Å². The highest BCUT2D eigenvalue weighted by atomic mass is 19.3. The molecule has 0 fully saturated rings.